The van der Waals surface area contributed by atoms with E-state index >= 15 is 0 Å². The number of piperazine rings is 1. The van der Waals surface area contributed by atoms with Crippen molar-refractivity contribution in [1.82, 2.24) is 9.88 Å². The maximum absolute atomic E-state index is 6.12. The predicted octanol–water partition coefficient (Wildman–Crippen LogP) is 2.36. The van der Waals surface area contributed by atoms with E-state index in [4.69, 9.17) is 9.72 Å². The quantitative estimate of drug-likeness (QED) is 0.832. The van der Waals surface area contributed by atoms with Crippen molar-refractivity contribution in [3.8, 4) is 5.75 Å². The third-order valence-electron chi connectivity index (χ3n) is 6.60. The summed E-state index contributed by atoms with van der Waals surface area (Å²) in [5.41, 5.74) is 1.89. The van der Waals surface area contributed by atoms with E-state index in [1.165, 1.54) is 38.0 Å². The van der Waals surface area contributed by atoms with Crippen LogP contribution in [0.2, 0.25) is 0 Å². The van der Waals surface area contributed by atoms with Crippen LogP contribution in [0.3, 0.4) is 0 Å². The second kappa shape index (κ2) is 5.25. The van der Waals surface area contributed by atoms with Gasteiger partial charge in [-0.2, -0.15) is 0 Å². The molecule has 2 saturated heterocycles. The molecule has 1 atom stereocenters. The predicted molar refractivity (Wildman–Crippen MR) is 96.1 cm³/mol. The number of hydrogen-bond donors (Lipinski definition) is 0. The molecule has 1 spiro atoms. The number of pyridine rings is 1. The largest absolute Gasteiger partial charge is 0.487 e. The van der Waals surface area contributed by atoms with Gasteiger partial charge in [0.1, 0.15) is 6.61 Å². The monoisotopic (exact) mass is 328 g/mol. The van der Waals surface area contributed by atoms with Gasteiger partial charge < -0.3 is 14.5 Å². The van der Waals surface area contributed by atoms with Crippen molar-refractivity contribution in [1.29, 1.82) is 0 Å². The van der Waals surface area contributed by atoms with Gasteiger partial charge in [-0.25, -0.2) is 4.98 Å². The lowest BCUT2D eigenvalue weighted by Crippen LogP contribution is -2.60. The molecule has 5 nitrogen and oxygen atoms in total. The number of anilines is 2. The SMILES string of the molecule is CC(C)N1CCN2c3ncc(N4CC5(CCC5)C4)cc3OCC2C1. The zero-order chi connectivity index (χ0) is 16.3. The summed E-state index contributed by atoms with van der Waals surface area (Å²) in [5.74, 6) is 2.04. The molecule has 0 aromatic carbocycles. The van der Waals surface area contributed by atoms with Gasteiger partial charge in [0.15, 0.2) is 11.6 Å². The molecule has 3 aliphatic heterocycles. The number of ether oxygens (including phenoxy) is 1. The van der Waals surface area contributed by atoms with Crippen LogP contribution in [0.1, 0.15) is 33.1 Å². The molecular weight excluding hydrogens is 300 g/mol. The van der Waals surface area contributed by atoms with Gasteiger partial charge in [0.05, 0.1) is 17.9 Å². The Morgan fingerprint density at radius 2 is 2.08 bits per heavy atom. The Morgan fingerprint density at radius 3 is 2.79 bits per heavy atom. The molecule has 1 aliphatic carbocycles. The summed E-state index contributed by atoms with van der Waals surface area (Å²) in [6.45, 7) is 11.0. The minimum Gasteiger partial charge on any atom is -0.487 e. The summed E-state index contributed by atoms with van der Waals surface area (Å²) in [6, 6.07) is 3.27. The Bertz CT molecular complexity index is 634. The van der Waals surface area contributed by atoms with Crippen LogP contribution in [0.5, 0.6) is 5.75 Å². The second-order valence-electron chi connectivity index (χ2n) is 8.47. The number of aromatic nitrogens is 1. The first-order valence-electron chi connectivity index (χ1n) is 9.52. The molecule has 130 valence electrons. The highest BCUT2D eigenvalue weighted by atomic mass is 16.5. The Balaban J connectivity index is 1.32. The minimum absolute atomic E-state index is 0.439. The van der Waals surface area contributed by atoms with E-state index in [0.29, 0.717) is 17.5 Å². The maximum atomic E-state index is 6.12. The second-order valence-corrected chi connectivity index (χ2v) is 8.47. The Labute approximate surface area is 144 Å². The van der Waals surface area contributed by atoms with Gasteiger partial charge in [-0.1, -0.05) is 6.42 Å². The Hall–Kier alpha value is -1.49. The van der Waals surface area contributed by atoms with Crippen LogP contribution in [0.15, 0.2) is 12.3 Å². The van der Waals surface area contributed by atoms with E-state index < -0.39 is 0 Å². The highest BCUT2D eigenvalue weighted by Gasteiger charge is 2.47. The highest BCUT2D eigenvalue weighted by molar-refractivity contribution is 5.63. The van der Waals surface area contributed by atoms with Gasteiger partial charge in [-0.05, 0) is 26.7 Å². The molecule has 1 aromatic heterocycles. The number of nitrogens with zero attached hydrogens (tertiary/aromatic N) is 4. The van der Waals surface area contributed by atoms with E-state index in [2.05, 4.69) is 40.8 Å². The zero-order valence-electron chi connectivity index (χ0n) is 14.9. The maximum Gasteiger partial charge on any atom is 0.171 e. The molecule has 1 unspecified atom stereocenters. The lowest BCUT2D eigenvalue weighted by Gasteiger charge is -2.57. The van der Waals surface area contributed by atoms with E-state index in [1.54, 1.807) is 0 Å². The van der Waals surface area contributed by atoms with E-state index in [-0.39, 0.29) is 0 Å². The fraction of sp³-hybridized carbons (Fsp3) is 0.737. The van der Waals surface area contributed by atoms with E-state index in [1.807, 2.05) is 0 Å². The third-order valence-corrected chi connectivity index (χ3v) is 6.60. The molecule has 5 heteroatoms. The zero-order valence-corrected chi connectivity index (χ0v) is 14.9. The highest BCUT2D eigenvalue weighted by Crippen LogP contribution is 2.50. The summed E-state index contributed by atoms with van der Waals surface area (Å²) >= 11 is 0. The lowest BCUT2D eigenvalue weighted by atomic mass is 9.63. The lowest BCUT2D eigenvalue weighted by molar-refractivity contribution is 0.0902. The van der Waals surface area contributed by atoms with Crippen molar-refractivity contribution in [3.05, 3.63) is 12.3 Å². The standard InChI is InChI=1S/C19H28N4O/c1-14(2)21-6-7-23-16(10-21)11-24-17-8-15(9-20-18(17)23)22-12-19(13-22)4-3-5-19/h8-9,14,16H,3-7,10-13H2,1-2H3. The van der Waals surface area contributed by atoms with Crippen LogP contribution >= 0.6 is 0 Å². The van der Waals surface area contributed by atoms with Crippen LogP contribution in [0.4, 0.5) is 11.5 Å². The molecular formula is C19H28N4O. The molecule has 1 aromatic rings. The summed E-state index contributed by atoms with van der Waals surface area (Å²) in [5, 5.41) is 0. The fourth-order valence-electron chi connectivity index (χ4n) is 4.82. The minimum atomic E-state index is 0.439. The van der Waals surface area contributed by atoms with Crippen LogP contribution in [0.25, 0.3) is 0 Å². The molecule has 0 bridgehead atoms. The normalized spacial score (nSPS) is 28.0. The topological polar surface area (TPSA) is 31.8 Å². The van der Waals surface area contributed by atoms with Crippen LogP contribution < -0.4 is 14.5 Å². The van der Waals surface area contributed by atoms with Crippen molar-refractivity contribution in [2.24, 2.45) is 5.41 Å². The summed E-state index contributed by atoms with van der Waals surface area (Å²) in [7, 11) is 0. The van der Waals surface area contributed by atoms with Gasteiger partial charge in [0, 0.05) is 50.2 Å². The van der Waals surface area contributed by atoms with Gasteiger partial charge in [0.25, 0.3) is 0 Å². The fourth-order valence-corrected chi connectivity index (χ4v) is 4.82. The Kier molecular flexibility index (Phi) is 3.24. The van der Waals surface area contributed by atoms with Crippen molar-refractivity contribution in [2.75, 3.05) is 49.1 Å². The van der Waals surface area contributed by atoms with Gasteiger partial charge in [-0.15, -0.1) is 0 Å². The number of hydrogen-bond acceptors (Lipinski definition) is 5. The first-order chi connectivity index (χ1) is 11.6. The molecule has 0 N–H and O–H groups in total. The van der Waals surface area contributed by atoms with Crippen molar-refractivity contribution in [2.45, 2.75) is 45.2 Å². The molecule has 5 rings (SSSR count). The molecule has 4 aliphatic rings. The van der Waals surface area contributed by atoms with Crippen LogP contribution in [-0.2, 0) is 0 Å². The van der Waals surface area contributed by atoms with Crippen molar-refractivity contribution < 1.29 is 4.74 Å². The average molecular weight is 328 g/mol. The molecule has 4 heterocycles. The first kappa shape index (κ1) is 14.8. The molecule has 3 fully saturated rings. The third kappa shape index (κ3) is 2.20. The van der Waals surface area contributed by atoms with Gasteiger partial charge in [0.2, 0.25) is 0 Å². The van der Waals surface area contributed by atoms with E-state index in [0.717, 1.165) is 37.8 Å². The molecule has 0 radical (unpaired) electrons. The molecule has 0 amide bonds. The molecule has 1 saturated carbocycles. The number of fused-ring (bicyclic) bond motifs is 3. The smallest absolute Gasteiger partial charge is 0.171 e. The average Bonchev–Trinajstić information content (AvgIpc) is 2.51. The number of rotatable bonds is 2. The van der Waals surface area contributed by atoms with Crippen molar-refractivity contribution >= 4 is 11.5 Å². The summed E-state index contributed by atoms with van der Waals surface area (Å²) < 4.78 is 6.12. The first-order valence-corrected chi connectivity index (χ1v) is 9.52. The van der Waals surface area contributed by atoms with E-state index in [9.17, 15) is 0 Å². The van der Waals surface area contributed by atoms with Crippen LogP contribution in [0, 0.1) is 5.41 Å². The van der Waals surface area contributed by atoms with Crippen molar-refractivity contribution in [3.63, 3.8) is 0 Å². The Morgan fingerprint density at radius 1 is 1.25 bits per heavy atom. The molecule has 24 heavy (non-hydrogen) atoms. The van der Waals surface area contributed by atoms with Crippen LogP contribution in [-0.4, -0.2) is 61.3 Å². The van der Waals surface area contributed by atoms with Gasteiger partial charge >= 0.3 is 0 Å². The van der Waals surface area contributed by atoms with Gasteiger partial charge in [-0.3, -0.25) is 4.90 Å². The summed E-state index contributed by atoms with van der Waals surface area (Å²) in [6.07, 6.45) is 6.31. The summed E-state index contributed by atoms with van der Waals surface area (Å²) in [4.78, 5) is 12.3.